The van der Waals surface area contributed by atoms with Crippen molar-refractivity contribution < 1.29 is 4.74 Å². The van der Waals surface area contributed by atoms with E-state index in [1.807, 2.05) is 42.5 Å². The fourth-order valence-electron chi connectivity index (χ4n) is 2.23. The largest absolute Gasteiger partial charge is 0.456 e. The number of benzene rings is 3. The fraction of sp³-hybridized carbons (Fsp3) is 0.0588. The Labute approximate surface area is 133 Å². The molecule has 21 heavy (non-hydrogen) atoms. The molecule has 0 aliphatic rings. The minimum atomic E-state index is 0.387. The Morgan fingerprint density at radius 3 is 2.38 bits per heavy atom. The van der Waals surface area contributed by atoms with Gasteiger partial charge in [0, 0.05) is 32.9 Å². The normalized spacial score (nSPS) is 10.8. The summed E-state index contributed by atoms with van der Waals surface area (Å²) in [6, 6.07) is 17.0. The first-order valence-corrected chi connectivity index (χ1v) is 7.28. The van der Waals surface area contributed by atoms with Crippen LogP contribution < -0.4 is 10.5 Å². The third kappa shape index (κ3) is 2.84. The van der Waals surface area contributed by atoms with Crippen LogP contribution in [0, 0.1) is 0 Å². The zero-order valence-corrected chi connectivity index (χ0v) is 12.7. The molecule has 0 radical (unpaired) electrons. The van der Waals surface area contributed by atoms with E-state index in [1.165, 1.54) is 0 Å². The van der Waals surface area contributed by atoms with Crippen LogP contribution in [0.1, 0.15) is 5.56 Å². The number of nitrogens with two attached hydrogens (primary N) is 1. The highest BCUT2D eigenvalue weighted by Crippen LogP contribution is 2.35. The Kier molecular flexibility index (Phi) is 4.02. The van der Waals surface area contributed by atoms with E-state index in [4.69, 9.17) is 33.7 Å². The zero-order valence-electron chi connectivity index (χ0n) is 11.1. The molecule has 0 unspecified atom stereocenters. The molecule has 0 heterocycles. The first kappa shape index (κ1) is 14.2. The molecule has 2 N–H and O–H groups in total. The molecule has 3 rings (SSSR count). The standard InChI is InChI=1S/C17H13Cl2NO/c18-12-6-5-11(10-20)17(9-12)21-16-8-7-15(19)13-3-1-2-4-14(13)16/h1-9H,10,20H2. The summed E-state index contributed by atoms with van der Waals surface area (Å²) >= 11 is 12.3. The van der Waals surface area contributed by atoms with Crippen LogP contribution in [0.2, 0.25) is 10.0 Å². The average Bonchev–Trinajstić information content (AvgIpc) is 2.51. The second-order valence-corrected chi connectivity index (χ2v) is 5.49. The second kappa shape index (κ2) is 5.94. The third-order valence-electron chi connectivity index (χ3n) is 3.30. The summed E-state index contributed by atoms with van der Waals surface area (Å²) in [4.78, 5) is 0. The molecule has 2 nitrogen and oxygen atoms in total. The highest BCUT2D eigenvalue weighted by atomic mass is 35.5. The quantitative estimate of drug-likeness (QED) is 0.702. The van der Waals surface area contributed by atoms with Crippen molar-refractivity contribution in [2.75, 3.05) is 0 Å². The molecule has 0 saturated heterocycles. The van der Waals surface area contributed by atoms with Gasteiger partial charge in [-0.1, -0.05) is 53.5 Å². The Morgan fingerprint density at radius 2 is 1.62 bits per heavy atom. The van der Waals surface area contributed by atoms with Crippen molar-refractivity contribution in [3.63, 3.8) is 0 Å². The van der Waals surface area contributed by atoms with Gasteiger partial charge in [0.05, 0.1) is 0 Å². The number of halogens is 2. The maximum absolute atomic E-state index is 6.22. The van der Waals surface area contributed by atoms with Gasteiger partial charge in [-0.15, -0.1) is 0 Å². The maximum atomic E-state index is 6.22. The van der Waals surface area contributed by atoms with Gasteiger partial charge in [-0.2, -0.15) is 0 Å². The molecule has 0 aromatic heterocycles. The predicted octanol–water partition coefficient (Wildman–Crippen LogP) is 5.40. The van der Waals surface area contributed by atoms with Crippen molar-refractivity contribution in [2.45, 2.75) is 6.54 Å². The molecule has 3 aromatic carbocycles. The topological polar surface area (TPSA) is 35.2 Å². The molecule has 106 valence electrons. The van der Waals surface area contributed by atoms with E-state index in [2.05, 4.69) is 0 Å². The molecule has 0 aliphatic heterocycles. The number of rotatable bonds is 3. The van der Waals surface area contributed by atoms with Crippen molar-refractivity contribution in [3.05, 3.63) is 70.2 Å². The van der Waals surface area contributed by atoms with E-state index >= 15 is 0 Å². The number of ether oxygens (including phenoxy) is 1. The molecule has 0 amide bonds. The minimum Gasteiger partial charge on any atom is -0.456 e. The van der Waals surface area contributed by atoms with Crippen molar-refractivity contribution in [1.82, 2.24) is 0 Å². The van der Waals surface area contributed by atoms with Gasteiger partial charge < -0.3 is 10.5 Å². The molecule has 0 bridgehead atoms. The van der Waals surface area contributed by atoms with Crippen LogP contribution in [-0.4, -0.2) is 0 Å². The fourth-order valence-corrected chi connectivity index (χ4v) is 2.62. The smallest absolute Gasteiger partial charge is 0.135 e. The van der Waals surface area contributed by atoms with Crippen molar-refractivity contribution in [2.24, 2.45) is 5.73 Å². The first-order chi connectivity index (χ1) is 10.2. The van der Waals surface area contributed by atoms with Gasteiger partial charge in [0.15, 0.2) is 0 Å². The second-order valence-electron chi connectivity index (χ2n) is 4.65. The van der Waals surface area contributed by atoms with Gasteiger partial charge in [0.2, 0.25) is 0 Å². The molecule has 0 atom stereocenters. The van der Waals surface area contributed by atoms with Gasteiger partial charge in [0.25, 0.3) is 0 Å². The Hall–Kier alpha value is -1.74. The van der Waals surface area contributed by atoms with Crippen LogP contribution in [0.3, 0.4) is 0 Å². The summed E-state index contributed by atoms with van der Waals surface area (Å²) in [5.74, 6) is 1.39. The highest BCUT2D eigenvalue weighted by Gasteiger charge is 2.09. The van der Waals surface area contributed by atoms with Crippen LogP contribution >= 0.6 is 23.2 Å². The van der Waals surface area contributed by atoms with E-state index in [-0.39, 0.29) is 0 Å². The van der Waals surface area contributed by atoms with Crippen LogP contribution in [0.5, 0.6) is 11.5 Å². The summed E-state index contributed by atoms with van der Waals surface area (Å²) in [6.07, 6.45) is 0. The lowest BCUT2D eigenvalue weighted by molar-refractivity contribution is 0.482. The van der Waals surface area contributed by atoms with Gasteiger partial charge in [-0.3, -0.25) is 0 Å². The van der Waals surface area contributed by atoms with Crippen molar-refractivity contribution in [1.29, 1.82) is 0 Å². The number of hydrogen-bond donors (Lipinski definition) is 1. The van der Waals surface area contributed by atoms with Crippen LogP contribution in [0.4, 0.5) is 0 Å². The van der Waals surface area contributed by atoms with Gasteiger partial charge in [-0.25, -0.2) is 0 Å². The van der Waals surface area contributed by atoms with E-state index in [0.29, 0.717) is 22.3 Å². The average molecular weight is 318 g/mol. The molecule has 0 spiro atoms. The first-order valence-electron chi connectivity index (χ1n) is 6.52. The predicted molar refractivity (Wildman–Crippen MR) is 88.4 cm³/mol. The summed E-state index contributed by atoms with van der Waals surface area (Å²) in [5.41, 5.74) is 6.65. The van der Waals surface area contributed by atoms with Crippen molar-refractivity contribution >= 4 is 34.0 Å². The summed E-state index contributed by atoms with van der Waals surface area (Å²) in [5, 5.41) is 3.21. The van der Waals surface area contributed by atoms with Gasteiger partial charge >= 0.3 is 0 Å². The lowest BCUT2D eigenvalue weighted by atomic mass is 10.1. The molecule has 3 aromatic rings. The van der Waals surface area contributed by atoms with E-state index < -0.39 is 0 Å². The van der Waals surface area contributed by atoms with Crippen LogP contribution in [0.25, 0.3) is 10.8 Å². The Morgan fingerprint density at radius 1 is 0.857 bits per heavy atom. The highest BCUT2D eigenvalue weighted by molar-refractivity contribution is 6.35. The lowest BCUT2D eigenvalue weighted by Crippen LogP contribution is -1.99. The summed E-state index contributed by atoms with van der Waals surface area (Å²) < 4.78 is 6.03. The van der Waals surface area contributed by atoms with E-state index in [9.17, 15) is 0 Å². The van der Waals surface area contributed by atoms with E-state index in [0.717, 1.165) is 22.1 Å². The molecule has 0 aliphatic carbocycles. The summed E-state index contributed by atoms with van der Waals surface area (Å²) in [7, 11) is 0. The van der Waals surface area contributed by atoms with E-state index in [1.54, 1.807) is 12.1 Å². The molecule has 0 fully saturated rings. The van der Waals surface area contributed by atoms with Crippen molar-refractivity contribution in [3.8, 4) is 11.5 Å². The Balaban J connectivity index is 2.11. The van der Waals surface area contributed by atoms with Gasteiger partial charge in [0.1, 0.15) is 11.5 Å². The van der Waals surface area contributed by atoms with Crippen LogP contribution in [0.15, 0.2) is 54.6 Å². The molecular weight excluding hydrogens is 305 g/mol. The SMILES string of the molecule is NCc1ccc(Cl)cc1Oc1ccc(Cl)c2ccccc12. The molecule has 4 heteroatoms. The number of fused-ring (bicyclic) bond motifs is 1. The van der Waals surface area contributed by atoms with Crippen LogP contribution in [-0.2, 0) is 6.54 Å². The summed E-state index contributed by atoms with van der Waals surface area (Å²) in [6.45, 7) is 0.387. The molecular formula is C17H13Cl2NO. The minimum absolute atomic E-state index is 0.387. The molecule has 0 saturated carbocycles. The monoisotopic (exact) mass is 317 g/mol. The third-order valence-corrected chi connectivity index (χ3v) is 3.86. The lowest BCUT2D eigenvalue weighted by Gasteiger charge is -2.13. The van der Waals surface area contributed by atoms with Gasteiger partial charge in [-0.05, 0) is 24.3 Å². The maximum Gasteiger partial charge on any atom is 0.135 e. The number of hydrogen-bond acceptors (Lipinski definition) is 2. The zero-order chi connectivity index (χ0) is 14.8. The Bertz CT molecular complexity index is 802.